The maximum absolute atomic E-state index is 13.2. The summed E-state index contributed by atoms with van der Waals surface area (Å²) in [4.78, 5) is 23.2. The second-order valence-electron chi connectivity index (χ2n) is 7.07. The summed E-state index contributed by atoms with van der Waals surface area (Å²) < 4.78 is 44.4. The number of halogens is 3. The molecule has 0 saturated carbocycles. The number of carbonyl (C=O) groups is 1. The van der Waals surface area contributed by atoms with E-state index in [2.05, 4.69) is 9.97 Å². The van der Waals surface area contributed by atoms with Crippen molar-refractivity contribution in [1.82, 2.24) is 14.9 Å². The maximum Gasteiger partial charge on any atom is 0.416 e. The molecule has 4 rings (SSSR count). The van der Waals surface area contributed by atoms with E-state index >= 15 is 0 Å². The van der Waals surface area contributed by atoms with Gasteiger partial charge in [-0.15, -0.1) is 0 Å². The number of hydrogen-bond acceptors (Lipinski definition) is 4. The highest BCUT2D eigenvalue weighted by Crippen LogP contribution is 2.33. The van der Waals surface area contributed by atoms with Gasteiger partial charge in [-0.1, -0.05) is 18.2 Å². The molecule has 2 aromatic carbocycles. The highest BCUT2D eigenvalue weighted by molar-refractivity contribution is 5.98. The molecule has 0 spiro atoms. The van der Waals surface area contributed by atoms with Crippen molar-refractivity contribution < 1.29 is 22.7 Å². The lowest BCUT2D eigenvalue weighted by molar-refractivity contribution is -0.137. The van der Waals surface area contributed by atoms with Crippen LogP contribution in [-0.2, 0) is 12.7 Å². The number of rotatable bonds is 3. The van der Waals surface area contributed by atoms with Crippen LogP contribution >= 0.6 is 0 Å². The molecule has 8 heteroatoms. The SMILES string of the molecule is CC1CN(Cc2ncccn2)C(=O)c2cc(-c3ccc(C(F)(F)F)cc3)ccc2O1. The molecule has 5 nitrogen and oxygen atoms in total. The Bertz CT molecular complexity index is 1050. The summed E-state index contributed by atoms with van der Waals surface area (Å²) in [7, 11) is 0. The molecule has 1 amide bonds. The van der Waals surface area contributed by atoms with Crippen LogP contribution in [0.5, 0.6) is 5.75 Å². The molecule has 2 heterocycles. The molecule has 0 radical (unpaired) electrons. The van der Waals surface area contributed by atoms with Crippen molar-refractivity contribution in [1.29, 1.82) is 0 Å². The normalized spacial score (nSPS) is 16.6. The van der Waals surface area contributed by atoms with E-state index in [0.717, 1.165) is 12.1 Å². The smallest absolute Gasteiger partial charge is 0.416 e. The lowest BCUT2D eigenvalue weighted by atomic mass is 10.0. The van der Waals surface area contributed by atoms with Gasteiger partial charge in [-0.3, -0.25) is 4.79 Å². The first-order valence-electron chi connectivity index (χ1n) is 9.35. The van der Waals surface area contributed by atoms with E-state index in [4.69, 9.17) is 4.74 Å². The topological polar surface area (TPSA) is 55.3 Å². The zero-order chi connectivity index (χ0) is 21.3. The van der Waals surface area contributed by atoms with Crippen LogP contribution in [0.4, 0.5) is 13.2 Å². The number of ether oxygens (including phenoxy) is 1. The molecular weight excluding hydrogens is 395 g/mol. The van der Waals surface area contributed by atoms with Gasteiger partial charge in [-0.25, -0.2) is 9.97 Å². The van der Waals surface area contributed by atoms with Crippen molar-refractivity contribution in [3.8, 4) is 16.9 Å². The molecule has 1 atom stereocenters. The monoisotopic (exact) mass is 413 g/mol. The standard InChI is InChI=1S/C22H18F3N3O2/c1-14-12-28(13-20-26-9-2-10-27-20)21(29)18-11-16(5-8-19(18)30-14)15-3-6-17(7-4-15)22(23,24)25/h2-11,14H,12-13H2,1H3. The summed E-state index contributed by atoms with van der Waals surface area (Å²) in [5.41, 5.74) is 0.842. The summed E-state index contributed by atoms with van der Waals surface area (Å²) in [6, 6.07) is 11.6. The van der Waals surface area contributed by atoms with E-state index < -0.39 is 11.7 Å². The van der Waals surface area contributed by atoms with Crippen LogP contribution < -0.4 is 4.74 Å². The fraction of sp³-hybridized carbons (Fsp3) is 0.227. The first-order valence-corrected chi connectivity index (χ1v) is 9.35. The molecule has 30 heavy (non-hydrogen) atoms. The summed E-state index contributed by atoms with van der Waals surface area (Å²) in [6.07, 6.45) is -1.41. The summed E-state index contributed by atoms with van der Waals surface area (Å²) in [6.45, 7) is 2.46. The van der Waals surface area contributed by atoms with Crippen molar-refractivity contribution in [3.05, 3.63) is 77.9 Å². The van der Waals surface area contributed by atoms with Crippen molar-refractivity contribution in [3.63, 3.8) is 0 Å². The van der Waals surface area contributed by atoms with Gasteiger partial charge in [0.2, 0.25) is 0 Å². The zero-order valence-electron chi connectivity index (χ0n) is 16.1. The first-order chi connectivity index (χ1) is 14.3. The van der Waals surface area contributed by atoms with E-state index in [9.17, 15) is 18.0 Å². The quantitative estimate of drug-likeness (QED) is 0.631. The number of nitrogens with zero attached hydrogens (tertiary/aromatic N) is 3. The molecule has 0 aliphatic carbocycles. The van der Waals surface area contributed by atoms with Gasteiger partial charge in [0, 0.05) is 12.4 Å². The number of hydrogen-bond donors (Lipinski definition) is 0. The number of aromatic nitrogens is 2. The Labute approximate surface area is 171 Å². The van der Waals surface area contributed by atoms with Crippen molar-refractivity contribution in [2.45, 2.75) is 25.7 Å². The van der Waals surface area contributed by atoms with Crippen LogP contribution in [0.25, 0.3) is 11.1 Å². The van der Waals surface area contributed by atoms with Crippen molar-refractivity contribution in [2.75, 3.05) is 6.54 Å². The van der Waals surface area contributed by atoms with Crippen LogP contribution in [0.3, 0.4) is 0 Å². The Morgan fingerprint density at radius 1 is 1.07 bits per heavy atom. The molecule has 1 aliphatic rings. The van der Waals surface area contributed by atoms with E-state index in [1.54, 1.807) is 41.6 Å². The minimum absolute atomic E-state index is 0.233. The molecular formula is C22H18F3N3O2. The van der Waals surface area contributed by atoms with Gasteiger partial charge in [-0.05, 0) is 48.4 Å². The van der Waals surface area contributed by atoms with Gasteiger partial charge < -0.3 is 9.64 Å². The molecule has 0 bridgehead atoms. The lowest BCUT2D eigenvalue weighted by Crippen LogP contribution is -2.35. The van der Waals surface area contributed by atoms with Crippen molar-refractivity contribution >= 4 is 5.91 Å². The van der Waals surface area contributed by atoms with Gasteiger partial charge >= 0.3 is 6.18 Å². The average molecular weight is 413 g/mol. The number of amides is 1. The van der Waals surface area contributed by atoms with Gasteiger partial charge in [0.15, 0.2) is 0 Å². The molecule has 154 valence electrons. The lowest BCUT2D eigenvalue weighted by Gasteiger charge is -2.21. The highest BCUT2D eigenvalue weighted by atomic mass is 19.4. The number of fused-ring (bicyclic) bond motifs is 1. The van der Waals surface area contributed by atoms with Gasteiger partial charge in [0.1, 0.15) is 17.7 Å². The highest BCUT2D eigenvalue weighted by Gasteiger charge is 2.30. The van der Waals surface area contributed by atoms with Crippen molar-refractivity contribution in [2.24, 2.45) is 0 Å². The Hall–Kier alpha value is -3.42. The van der Waals surface area contributed by atoms with E-state index in [-0.39, 0.29) is 18.6 Å². The van der Waals surface area contributed by atoms with Gasteiger partial charge in [-0.2, -0.15) is 13.2 Å². The molecule has 0 N–H and O–H groups in total. The largest absolute Gasteiger partial charge is 0.488 e. The Morgan fingerprint density at radius 3 is 2.40 bits per heavy atom. The van der Waals surface area contributed by atoms with Crippen LogP contribution in [0.2, 0.25) is 0 Å². The third kappa shape index (κ3) is 4.12. The summed E-state index contributed by atoms with van der Waals surface area (Å²) >= 11 is 0. The maximum atomic E-state index is 13.2. The minimum atomic E-state index is -4.40. The van der Waals surface area contributed by atoms with Crippen LogP contribution in [-0.4, -0.2) is 33.4 Å². The molecule has 1 unspecified atom stereocenters. The minimum Gasteiger partial charge on any atom is -0.488 e. The van der Waals surface area contributed by atoms with E-state index in [1.165, 1.54) is 12.1 Å². The van der Waals surface area contributed by atoms with Crippen LogP contribution in [0.15, 0.2) is 60.9 Å². The fourth-order valence-electron chi connectivity index (χ4n) is 3.37. The second-order valence-corrected chi connectivity index (χ2v) is 7.07. The van der Waals surface area contributed by atoms with E-state index in [1.807, 2.05) is 6.92 Å². The number of alkyl halides is 3. The van der Waals surface area contributed by atoms with Crippen LogP contribution in [0, 0.1) is 0 Å². The number of carbonyl (C=O) groups excluding carboxylic acids is 1. The third-order valence-corrected chi connectivity index (χ3v) is 4.80. The van der Waals surface area contributed by atoms with Gasteiger partial charge in [0.05, 0.1) is 24.2 Å². The second kappa shape index (κ2) is 7.78. The molecule has 0 fully saturated rings. The zero-order valence-corrected chi connectivity index (χ0v) is 16.1. The number of benzene rings is 2. The molecule has 1 aliphatic heterocycles. The Kier molecular flexibility index (Phi) is 5.15. The average Bonchev–Trinajstić information content (AvgIpc) is 2.84. The summed E-state index contributed by atoms with van der Waals surface area (Å²) in [5, 5.41) is 0. The summed E-state index contributed by atoms with van der Waals surface area (Å²) in [5.74, 6) is 0.718. The third-order valence-electron chi connectivity index (χ3n) is 4.80. The predicted molar refractivity (Wildman–Crippen MR) is 104 cm³/mol. The first kappa shape index (κ1) is 19.9. The van der Waals surface area contributed by atoms with Crippen LogP contribution in [0.1, 0.15) is 28.7 Å². The fourth-order valence-corrected chi connectivity index (χ4v) is 3.37. The molecule has 0 saturated heterocycles. The predicted octanol–water partition coefficient (Wildman–Crippen LogP) is 4.59. The van der Waals surface area contributed by atoms with E-state index in [0.29, 0.717) is 34.8 Å². The van der Waals surface area contributed by atoms with Gasteiger partial charge in [0.25, 0.3) is 5.91 Å². The molecule has 1 aromatic heterocycles. The molecule has 3 aromatic rings. The Morgan fingerprint density at radius 2 is 1.73 bits per heavy atom. The Balaban J connectivity index is 1.66.